The summed E-state index contributed by atoms with van der Waals surface area (Å²) in [6, 6.07) is 8.44. The molecule has 0 amide bonds. The van der Waals surface area contributed by atoms with Crippen LogP contribution < -0.4 is 10.5 Å². The molecule has 3 heteroatoms. The first kappa shape index (κ1) is 12.4. The van der Waals surface area contributed by atoms with Gasteiger partial charge in [-0.1, -0.05) is 0 Å². The molecule has 0 radical (unpaired) electrons. The summed E-state index contributed by atoms with van der Waals surface area (Å²) in [7, 11) is 1.63. The van der Waals surface area contributed by atoms with Crippen LogP contribution in [0, 0.1) is 19.7 Å². The van der Waals surface area contributed by atoms with Gasteiger partial charge >= 0.3 is 0 Å². The van der Waals surface area contributed by atoms with Crippen LogP contribution in [0.5, 0.6) is 5.75 Å². The van der Waals surface area contributed by atoms with E-state index in [1.807, 2.05) is 26.0 Å². The monoisotopic (exact) mass is 245 g/mol. The number of anilines is 1. The van der Waals surface area contributed by atoms with Crippen LogP contribution in [0.4, 0.5) is 10.1 Å². The zero-order valence-corrected chi connectivity index (χ0v) is 10.8. The summed E-state index contributed by atoms with van der Waals surface area (Å²) in [6.07, 6.45) is 0. The van der Waals surface area contributed by atoms with Crippen molar-refractivity contribution in [3.05, 3.63) is 47.3 Å². The van der Waals surface area contributed by atoms with Crippen molar-refractivity contribution in [2.45, 2.75) is 13.8 Å². The van der Waals surface area contributed by atoms with Crippen LogP contribution in [-0.4, -0.2) is 7.11 Å². The highest BCUT2D eigenvalue weighted by atomic mass is 19.1. The Morgan fingerprint density at radius 1 is 1.00 bits per heavy atom. The van der Waals surface area contributed by atoms with E-state index in [0.717, 1.165) is 22.4 Å². The lowest BCUT2D eigenvalue weighted by Gasteiger charge is -2.12. The molecule has 18 heavy (non-hydrogen) atoms. The Kier molecular flexibility index (Phi) is 3.24. The van der Waals surface area contributed by atoms with E-state index >= 15 is 0 Å². The first-order chi connectivity index (χ1) is 8.52. The zero-order valence-electron chi connectivity index (χ0n) is 10.8. The topological polar surface area (TPSA) is 35.2 Å². The van der Waals surface area contributed by atoms with Gasteiger partial charge in [-0.2, -0.15) is 0 Å². The van der Waals surface area contributed by atoms with Crippen LogP contribution in [0.2, 0.25) is 0 Å². The standard InChI is InChI=1S/C15H16FNO/c1-9-7-15(18-3)10(2)6-12(9)13-8-11(17)4-5-14(13)16/h4-8H,17H2,1-3H3. The predicted octanol–water partition coefficient (Wildman–Crippen LogP) is 3.70. The normalized spacial score (nSPS) is 10.4. The maximum Gasteiger partial charge on any atom is 0.131 e. The average Bonchev–Trinajstić information content (AvgIpc) is 2.35. The third-order valence-electron chi connectivity index (χ3n) is 3.02. The lowest BCUT2D eigenvalue weighted by Crippen LogP contribution is -1.94. The van der Waals surface area contributed by atoms with Crippen LogP contribution in [-0.2, 0) is 0 Å². The van der Waals surface area contributed by atoms with Gasteiger partial charge in [0.15, 0.2) is 0 Å². The highest BCUT2D eigenvalue weighted by molar-refractivity contribution is 5.72. The molecule has 0 aliphatic carbocycles. The van der Waals surface area contributed by atoms with E-state index in [4.69, 9.17) is 10.5 Å². The second-order valence-electron chi connectivity index (χ2n) is 4.38. The number of halogens is 1. The predicted molar refractivity (Wildman–Crippen MR) is 72.3 cm³/mol. The molecule has 0 spiro atoms. The summed E-state index contributed by atoms with van der Waals surface area (Å²) in [5, 5.41) is 0. The number of nitrogen functional groups attached to an aromatic ring is 1. The van der Waals surface area contributed by atoms with E-state index in [1.165, 1.54) is 6.07 Å². The van der Waals surface area contributed by atoms with Crippen LogP contribution in [0.25, 0.3) is 11.1 Å². The maximum atomic E-state index is 13.9. The highest BCUT2D eigenvalue weighted by Crippen LogP contribution is 2.32. The van der Waals surface area contributed by atoms with Crippen molar-refractivity contribution in [1.29, 1.82) is 0 Å². The number of hydrogen-bond donors (Lipinski definition) is 1. The molecule has 0 fully saturated rings. The van der Waals surface area contributed by atoms with Gasteiger partial charge in [-0.15, -0.1) is 0 Å². The van der Waals surface area contributed by atoms with Gasteiger partial charge in [0.25, 0.3) is 0 Å². The Bertz CT molecular complexity index is 593. The van der Waals surface area contributed by atoms with E-state index in [1.54, 1.807) is 19.2 Å². The third kappa shape index (κ3) is 2.16. The molecule has 0 unspecified atom stereocenters. The van der Waals surface area contributed by atoms with Gasteiger partial charge in [0.05, 0.1) is 7.11 Å². The molecule has 2 rings (SSSR count). The summed E-state index contributed by atoms with van der Waals surface area (Å²) < 4.78 is 19.1. The molecular formula is C15H16FNO. The molecule has 2 aromatic carbocycles. The Morgan fingerprint density at radius 2 is 1.72 bits per heavy atom. The summed E-state index contributed by atoms with van der Waals surface area (Å²) in [5.41, 5.74) is 9.58. The second-order valence-corrected chi connectivity index (χ2v) is 4.38. The van der Waals surface area contributed by atoms with E-state index in [-0.39, 0.29) is 5.82 Å². The van der Waals surface area contributed by atoms with Gasteiger partial charge in [0.2, 0.25) is 0 Å². The zero-order chi connectivity index (χ0) is 13.3. The van der Waals surface area contributed by atoms with Crippen LogP contribution in [0.15, 0.2) is 30.3 Å². The molecule has 94 valence electrons. The number of nitrogens with two attached hydrogens (primary N) is 1. The van der Waals surface area contributed by atoms with Crippen molar-refractivity contribution in [3.63, 3.8) is 0 Å². The molecule has 0 aliphatic rings. The number of ether oxygens (including phenoxy) is 1. The number of aryl methyl sites for hydroxylation is 2. The molecule has 0 saturated heterocycles. The Morgan fingerprint density at radius 3 is 2.39 bits per heavy atom. The minimum atomic E-state index is -0.267. The van der Waals surface area contributed by atoms with Crippen molar-refractivity contribution in [3.8, 4) is 16.9 Å². The lowest BCUT2D eigenvalue weighted by molar-refractivity contribution is 0.411. The quantitative estimate of drug-likeness (QED) is 0.819. The first-order valence-electron chi connectivity index (χ1n) is 5.73. The van der Waals surface area contributed by atoms with E-state index in [2.05, 4.69) is 0 Å². The van der Waals surface area contributed by atoms with Gasteiger partial charge in [-0.3, -0.25) is 0 Å². The summed E-state index contributed by atoms with van der Waals surface area (Å²) >= 11 is 0. The SMILES string of the molecule is COc1cc(C)c(-c2cc(N)ccc2F)cc1C. The molecule has 2 nitrogen and oxygen atoms in total. The first-order valence-corrected chi connectivity index (χ1v) is 5.73. The summed E-state index contributed by atoms with van der Waals surface area (Å²) in [6.45, 7) is 3.87. The summed E-state index contributed by atoms with van der Waals surface area (Å²) in [5.74, 6) is 0.539. The average molecular weight is 245 g/mol. The Balaban J connectivity index is 2.64. The number of benzene rings is 2. The van der Waals surface area contributed by atoms with Gasteiger partial charge in [-0.25, -0.2) is 4.39 Å². The summed E-state index contributed by atoms with van der Waals surface area (Å²) in [4.78, 5) is 0. The molecule has 0 saturated carbocycles. The van der Waals surface area contributed by atoms with E-state index in [9.17, 15) is 4.39 Å². The smallest absolute Gasteiger partial charge is 0.131 e. The van der Waals surface area contributed by atoms with Gasteiger partial charge in [0.1, 0.15) is 11.6 Å². The molecule has 2 aromatic rings. The molecule has 0 aromatic heterocycles. The Labute approximate surface area is 106 Å². The molecule has 0 aliphatic heterocycles. The van der Waals surface area contributed by atoms with Crippen LogP contribution in [0.1, 0.15) is 11.1 Å². The minimum absolute atomic E-state index is 0.267. The van der Waals surface area contributed by atoms with Gasteiger partial charge < -0.3 is 10.5 Å². The lowest BCUT2D eigenvalue weighted by atomic mass is 9.97. The fourth-order valence-electron chi connectivity index (χ4n) is 2.05. The van der Waals surface area contributed by atoms with Gasteiger partial charge in [-0.05, 0) is 60.9 Å². The van der Waals surface area contributed by atoms with E-state index in [0.29, 0.717) is 11.3 Å². The van der Waals surface area contributed by atoms with Crippen molar-refractivity contribution < 1.29 is 9.13 Å². The molecular weight excluding hydrogens is 229 g/mol. The fourth-order valence-corrected chi connectivity index (χ4v) is 2.05. The minimum Gasteiger partial charge on any atom is -0.496 e. The third-order valence-corrected chi connectivity index (χ3v) is 3.02. The van der Waals surface area contributed by atoms with Crippen LogP contribution in [0.3, 0.4) is 0 Å². The van der Waals surface area contributed by atoms with E-state index < -0.39 is 0 Å². The molecule has 0 bridgehead atoms. The largest absolute Gasteiger partial charge is 0.496 e. The van der Waals surface area contributed by atoms with Crippen LogP contribution >= 0.6 is 0 Å². The van der Waals surface area contributed by atoms with Gasteiger partial charge in [0, 0.05) is 11.3 Å². The molecule has 0 heterocycles. The van der Waals surface area contributed by atoms with Crippen molar-refractivity contribution in [2.24, 2.45) is 0 Å². The molecule has 2 N–H and O–H groups in total. The number of hydrogen-bond acceptors (Lipinski definition) is 2. The maximum absolute atomic E-state index is 13.9. The molecule has 0 atom stereocenters. The Hall–Kier alpha value is -2.03. The highest BCUT2D eigenvalue weighted by Gasteiger charge is 2.11. The van der Waals surface area contributed by atoms with Crippen molar-refractivity contribution in [1.82, 2.24) is 0 Å². The van der Waals surface area contributed by atoms with Crippen molar-refractivity contribution in [2.75, 3.05) is 12.8 Å². The number of methoxy groups -OCH3 is 1. The van der Waals surface area contributed by atoms with Crippen molar-refractivity contribution >= 4 is 5.69 Å². The second kappa shape index (κ2) is 4.69. The number of rotatable bonds is 2. The fraction of sp³-hybridized carbons (Fsp3) is 0.200.